The first kappa shape index (κ1) is 12.9. The monoisotopic (exact) mass is 203 g/mol. The van der Waals surface area contributed by atoms with Crippen molar-refractivity contribution in [2.24, 2.45) is 0 Å². The number of amides is 1. The van der Waals surface area contributed by atoms with Gasteiger partial charge < -0.3 is 14.7 Å². The van der Waals surface area contributed by atoms with Crippen LogP contribution in [0.15, 0.2) is 0 Å². The molecule has 0 aliphatic carbocycles. The van der Waals surface area contributed by atoms with Crippen molar-refractivity contribution >= 4 is 11.9 Å². The first-order chi connectivity index (χ1) is 6.49. The lowest BCUT2D eigenvalue weighted by Crippen LogP contribution is -2.17. The number of hydrogen-bond donors (Lipinski definition) is 1. The predicted molar refractivity (Wildman–Crippen MR) is 50.6 cm³/mol. The Morgan fingerprint density at radius 1 is 1.64 bits per heavy atom. The van der Waals surface area contributed by atoms with E-state index < -0.39 is 12.1 Å². The Morgan fingerprint density at radius 2 is 2.21 bits per heavy atom. The molecule has 1 atom stereocenters. The van der Waals surface area contributed by atoms with E-state index in [1.165, 1.54) is 14.0 Å². The van der Waals surface area contributed by atoms with Crippen molar-refractivity contribution in [2.45, 2.75) is 25.9 Å². The molecule has 0 bridgehead atoms. The topological polar surface area (TPSA) is 66.8 Å². The molecule has 1 unspecified atom stereocenters. The number of rotatable bonds is 1. The fourth-order valence-corrected chi connectivity index (χ4v) is 0.954. The maximum Gasteiger partial charge on any atom is 0.334 e. The van der Waals surface area contributed by atoms with Crippen LogP contribution in [0.25, 0.3) is 0 Å². The van der Waals surface area contributed by atoms with Crippen LogP contribution < -0.4 is 0 Å². The molecule has 1 saturated heterocycles. The van der Waals surface area contributed by atoms with Crippen LogP contribution in [0.4, 0.5) is 0 Å². The Bertz CT molecular complexity index is 201. The SMILES string of the molecule is CN1CCCC1=O.COC(=O)C(C)O. The second-order valence-corrected chi connectivity index (χ2v) is 3.12. The van der Waals surface area contributed by atoms with Crippen LogP contribution in [0.3, 0.4) is 0 Å². The summed E-state index contributed by atoms with van der Waals surface area (Å²) in [5.41, 5.74) is 0. The molecular formula is C9H17NO4. The number of carbonyl (C=O) groups excluding carboxylic acids is 2. The summed E-state index contributed by atoms with van der Waals surface area (Å²) >= 11 is 0. The van der Waals surface area contributed by atoms with Crippen molar-refractivity contribution in [3.63, 3.8) is 0 Å². The first-order valence-electron chi connectivity index (χ1n) is 4.49. The molecule has 5 nitrogen and oxygen atoms in total. The van der Waals surface area contributed by atoms with Gasteiger partial charge in [-0.3, -0.25) is 4.79 Å². The van der Waals surface area contributed by atoms with Crippen molar-refractivity contribution in [3.05, 3.63) is 0 Å². The summed E-state index contributed by atoms with van der Waals surface area (Å²) in [5.74, 6) is -0.306. The number of aliphatic hydroxyl groups is 1. The number of likely N-dealkylation sites (tertiary alicyclic amines) is 1. The smallest absolute Gasteiger partial charge is 0.334 e. The molecule has 0 spiro atoms. The van der Waals surface area contributed by atoms with E-state index in [0.29, 0.717) is 5.91 Å². The van der Waals surface area contributed by atoms with Crippen LogP contribution in [0, 0.1) is 0 Å². The summed E-state index contributed by atoms with van der Waals surface area (Å²) in [7, 11) is 3.07. The van der Waals surface area contributed by atoms with E-state index >= 15 is 0 Å². The lowest BCUT2D eigenvalue weighted by molar-refractivity contribution is -0.149. The molecule has 1 aliphatic heterocycles. The fourth-order valence-electron chi connectivity index (χ4n) is 0.954. The second-order valence-electron chi connectivity index (χ2n) is 3.12. The van der Waals surface area contributed by atoms with Gasteiger partial charge in [0.1, 0.15) is 6.10 Å². The Kier molecular flexibility index (Phi) is 5.87. The van der Waals surface area contributed by atoms with E-state index in [0.717, 1.165) is 19.4 Å². The zero-order valence-electron chi connectivity index (χ0n) is 8.82. The Hall–Kier alpha value is -1.10. The molecule has 14 heavy (non-hydrogen) atoms. The molecule has 1 heterocycles. The zero-order valence-corrected chi connectivity index (χ0v) is 8.82. The molecule has 1 fully saturated rings. The van der Waals surface area contributed by atoms with Gasteiger partial charge in [0.05, 0.1) is 7.11 Å². The van der Waals surface area contributed by atoms with Gasteiger partial charge in [-0.2, -0.15) is 0 Å². The van der Waals surface area contributed by atoms with Crippen LogP contribution >= 0.6 is 0 Å². The summed E-state index contributed by atoms with van der Waals surface area (Å²) in [6.45, 7) is 2.31. The molecule has 5 heteroatoms. The molecule has 1 N–H and O–H groups in total. The average Bonchev–Trinajstić information content (AvgIpc) is 2.50. The van der Waals surface area contributed by atoms with Crippen LogP contribution in [0.2, 0.25) is 0 Å². The van der Waals surface area contributed by atoms with Crippen LogP contribution in [0.1, 0.15) is 19.8 Å². The van der Waals surface area contributed by atoms with Gasteiger partial charge in [-0.15, -0.1) is 0 Å². The number of esters is 1. The third-order valence-corrected chi connectivity index (χ3v) is 1.85. The van der Waals surface area contributed by atoms with Gasteiger partial charge in [-0.1, -0.05) is 0 Å². The summed E-state index contributed by atoms with van der Waals surface area (Å²) in [4.78, 5) is 22.3. The largest absolute Gasteiger partial charge is 0.467 e. The third kappa shape index (κ3) is 4.81. The van der Waals surface area contributed by atoms with Crippen molar-refractivity contribution in [3.8, 4) is 0 Å². The van der Waals surface area contributed by atoms with Gasteiger partial charge in [-0.05, 0) is 13.3 Å². The van der Waals surface area contributed by atoms with Gasteiger partial charge in [-0.25, -0.2) is 4.79 Å². The molecule has 0 saturated carbocycles. The van der Waals surface area contributed by atoms with Gasteiger partial charge >= 0.3 is 5.97 Å². The van der Waals surface area contributed by atoms with E-state index in [2.05, 4.69) is 4.74 Å². The zero-order chi connectivity index (χ0) is 11.1. The molecule has 0 aromatic heterocycles. The molecule has 0 aromatic rings. The highest BCUT2D eigenvalue weighted by molar-refractivity contribution is 5.77. The van der Waals surface area contributed by atoms with Crippen molar-refractivity contribution in [1.82, 2.24) is 4.90 Å². The Balaban J connectivity index is 0.000000241. The van der Waals surface area contributed by atoms with Gasteiger partial charge in [0, 0.05) is 20.0 Å². The molecular weight excluding hydrogens is 186 g/mol. The number of aliphatic hydroxyl groups excluding tert-OH is 1. The lowest BCUT2D eigenvalue weighted by atomic mass is 10.4. The predicted octanol–water partition coefficient (Wildman–Crippen LogP) is -0.221. The standard InChI is InChI=1S/C5H9NO.C4H8O3/c1-6-4-2-3-5(6)7;1-3(5)4(6)7-2/h2-4H2,1H3;3,5H,1-2H3. The van der Waals surface area contributed by atoms with Crippen LogP contribution in [-0.2, 0) is 14.3 Å². The van der Waals surface area contributed by atoms with Gasteiger partial charge in [0.2, 0.25) is 5.91 Å². The summed E-state index contributed by atoms with van der Waals surface area (Å²) in [5, 5.41) is 8.35. The maximum atomic E-state index is 10.5. The second kappa shape index (κ2) is 6.37. The minimum absolute atomic E-state index is 0.292. The van der Waals surface area contributed by atoms with E-state index in [4.69, 9.17) is 5.11 Å². The third-order valence-electron chi connectivity index (χ3n) is 1.85. The number of carbonyl (C=O) groups is 2. The van der Waals surface area contributed by atoms with Crippen LogP contribution in [-0.4, -0.2) is 48.7 Å². The summed E-state index contributed by atoms with van der Waals surface area (Å²) < 4.78 is 4.12. The number of methoxy groups -OCH3 is 1. The van der Waals surface area contributed by atoms with Crippen molar-refractivity contribution < 1.29 is 19.4 Å². The normalized spacial score (nSPS) is 17.1. The molecule has 1 rings (SSSR count). The summed E-state index contributed by atoms with van der Waals surface area (Å²) in [6, 6.07) is 0. The fraction of sp³-hybridized carbons (Fsp3) is 0.778. The molecule has 1 amide bonds. The number of ether oxygens (including phenoxy) is 1. The Morgan fingerprint density at radius 3 is 2.29 bits per heavy atom. The molecule has 82 valence electrons. The van der Waals surface area contributed by atoms with Crippen molar-refractivity contribution in [2.75, 3.05) is 20.7 Å². The minimum Gasteiger partial charge on any atom is -0.467 e. The quantitative estimate of drug-likeness (QED) is 0.598. The minimum atomic E-state index is -0.995. The van der Waals surface area contributed by atoms with Crippen molar-refractivity contribution in [1.29, 1.82) is 0 Å². The van der Waals surface area contributed by atoms with Gasteiger partial charge in [0.25, 0.3) is 0 Å². The average molecular weight is 203 g/mol. The Labute approximate surface area is 83.6 Å². The molecule has 0 radical (unpaired) electrons. The number of nitrogens with zero attached hydrogens (tertiary/aromatic N) is 1. The highest BCUT2D eigenvalue weighted by atomic mass is 16.5. The number of hydrogen-bond acceptors (Lipinski definition) is 4. The van der Waals surface area contributed by atoms with E-state index in [-0.39, 0.29) is 0 Å². The molecule has 1 aliphatic rings. The van der Waals surface area contributed by atoms with E-state index in [1.54, 1.807) is 4.90 Å². The molecule has 0 aromatic carbocycles. The lowest BCUT2D eigenvalue weighted by Gasteiger charge is -2.03. The maximum absolute atomic E-state index is 10.5. The highest BCUT2D eigenvalue weighted by Crippen LogP contribution is 2.04. The van der Waals surface area contributed by atoms with Gasteiger partial charge in [0.15, 0.2) is 0 Å². The van der Waals surface area contributed by atoms with E-state index in [9.17, 15) is 9.59 Å². The van der Waals surface area contributed by atoms with E-state index in [1.807, 2.05) is 7.05 Å². The highest BCUT2D eigenvalue weighted by Gasteiger charge is 2.14. The van der Waals surface area contributed by atoms with Crippen LogP contribution in [0.5, 0.6) is 0 Å². The first-order valence-corrected chi connectivity index (χ1v) is 4.49. The summed E-state index contributed by atoms with van der Waals surface area (Å²) in [6.07, 6.45) is 0.816.